The molecular weight excluding hydrogens is 490 g/mol. The van der Waals surface area contributed by atoms with E-state index in [1.54, 1.807) is 48.5 Å². The quantitative estimate of drug-likeness (QED) is 0.421. The van der Waals surface area contributed by atoms with Gasteiger partial charge in [-0.15, -0.1) is 0 Å². The van der Waals surface area contributed by atoms with Crippen molar-refractivity contribution in [3.63, 3.8) is 0 Å². The molecule has 2 aliphatic heterocycles. The molecule has 1 N–H and O–H groups in total. The van der Waals surface area contributed by atoms with Crippen molar-refractivity contribution in [2.24, 2.45) is 0 Å². The molecule has 3 aromatic rings. The minimum absolute atomic E-state index is 0.203. The lowest BCUT2D eigenvalue weighted by atomic mass is 9.78. The third kappa shape index (κ3) is 4.36. The van der Waals surface area contributed by atoms with Crippen molar-refractivity contribution >= 4 is 35.2 Å². The predicted octanol–water partition coefficient (Wildman–Crippen LogP) is 6.62. The number of carbonyl (C=O) groups is 2. The second-order valence-electron chi connectivity index (χ2n) is 10.3. The fourth-order valence-electron chi connectivity index (χ4n) is 5.13. The molecule has 0 aliphatic carbocycles. The average molecular weight is 518 g/mol. The van der Waals surface area contributed by atoms with E-state index in [1.165, 1.54) is 4.90 Å². The van der Waals surface area contributed by atoms with E-state index in [9.17, 15) is 14.7 Å². The minimum Gasteiger partial charge on any atom is -0.486 e. The van der Waals surface area contributed by atoms with E-state index in [0.29, 0.717) is 52.1 Å². The SMILES string of the molecule is C=Cc1ccc2c(c1)C(=O)N(c1ccc(C(C)(C)C)c(Cl)c1)C(c1ccc3c(c1)OCCO3)C2C(=O)O. The maximum atomic E-state index is 14.1. The predicted molar refractivity (Wildman–Crippen MR) is 144 cm³/mol. The Morgan fingerprint density at radius 2 is 1.78 bits per heavy atom. The van der Waals surface area contributed by atoms with Crippen LogP contribution in [-0.4, -0.2) is 30.2 Å². The van der Waals surface area contributed by atoms with Gasteiger partial charge in [0.05, 0.1) is 6.04 Å². The molecule has 5 rings (SSSR count). The van der Waals surface area contributed by atoms with Crippen molar-refractivity contribution in [2.45, 2.75) is 38.1 Å². The van der Waals surface area contributed by atoms with Gasteiger partial charge >= 0.3 is 5.97 Å². The number of benzene rings is 3. The lowest BCUT2D eigenvalue weighted by Crippen LogP contribution is -2.45. The Balaban J connectivity index is 1.75. The summed E-state index contributed by atoms with van der Waals surface area (Å²) in [7, 11) is 0. The molecule has 0 saturated carbocycles. The molecule has 0 fully saturated rings. The van der Waals surface area contributed by atoms with Crippen LogP contribution in [0.4, 0.5) is 5.69 Å². The Labute approximate surface area is 221 Å². The molecule has 6 nitrogen and oxygen atoms in total. The number of ether oxygens (including phenoxy) is 2. The first-order chi connectivity index (χ1) is 17.6. The zero-order valence-corrected chi connectivity index (χ0v) is 21.7. The molecule has 0 radical (unpaired) electrons. The zero-order valence-electron chi connectivity index (χ0n) is 21.0. The number of halogens is 1. The van der Waals surface area contributed by atoms with E-state index in [2.05, 4.69) is 27.4 Å². The van der Waals surface area contributed by atoms with Crippen LogP contribution in [0.15, 0.2) is 61.2 Å². The number of hydrogen-bond acceptors (Lipinski definition) is 4. The maximum absolute atomic E-state index is 14.1. The monoisotopic (exact) mass is 517 g/mol. The molecule has 0 saturated heterocycles. The molecule has 2 atom stereocenters. The van der Waals surface area contributed by atoms with Crippen LogP contribution in [0.25, 0.3) is 6.08 Å². The number of anilines is 1. The normalized spacial score (nSPS) is 18.8. The molecular formula is C30H28ClNO5. The number of carbonyl (C=O) groups excluding carboxylic acids is 1. The van der Waals surface area contributed by atoms with Gasteiger partial charge in [0.25, 0.3) is 5.91 Å². The van der Waals surface area contributed by atoms with E-state index in [0.717, 1.165) is 11.1 Å². The van der Waals surface area contributed by atoms with Gasteiger partial charge in [-0.05, 0) is 58.0 Å². The Kier molecular flexibility index (Phi) is 6.24. The number of amides is 1. The van der Waals surface area contributed by atoms with Crippen molar-refractivity contribution in [1.82, 2.24) is 0 Å². The van der Waals surface area contributed by atoms with Crippen molar-refractivity contribution in [1.29, 1.82) is 0 Å². The first kappa shape index (κ1) is 24.9. The number of carboxylic acids is 1. The lowest BCUT2D eigenvalue weighted by molar-refractivity contribution is -0.139. The zero-order chi connectivity index (χ0) is 26.5. The van der Waals surface area contributed by atoms with Gasteiger partial charge in [-0.3, -0.25) is 14.5 Å². The van der Waals surface area contributed by atoms with Gasteiger partial charge in [0, 0.05) is 16.3 Å². The number of hydrogen-bond donors (Lipinski definition) is 1. The molecule has 2 unspecified atom stereocenters. The highest BCUT2D eigenvalue weighted by Gasteiger charge is 2.45. The molecule has 3 aromatic carbocycles. The van der Waals surface area contributed by atoms with Gasteiger partial charge in [0.1, 0.15) is 19.1 Å². The topological polar surface area (TPSA) is 76.1 Å². The molecule has 2 heterocycles. The molecule has 7 heteroatoms. The van der Waals surface area contributed by atoms with E-state index < -0.39 is 17.9 Å². The van der Waals surface area contributed by atoms with Gasteiger partial charge in [0.15, 0.2) is 11.5 Å². The lowest BCUT2D eigenvalue weighted by Gasteiger charge is -2.41. The maximum Gasteiger partial charge on any atom is 0.313 e. The molecule has 2 aliphatic rings. The average Bonchev–Trinajstić information content (AvgIpc) is 2.87. The molecule has 190 valence electrons. The van der Waals surface area contributed by atoms with E-state index >= 15 is 0 Å². The largest absolute Gasteiger partial charge is 0.486 e. The summed E-state index contributed by atoms with van der Waals surface area (Å²) in [5.74, 6) is -1.27. The van der Waals surface area contributed by atoms with Crippen LogP contribution in [0.2, 0.25) is 5.02 Å². The van der Waals surface area contributed by atoms with Crippen molar-refractivity contribution in [2.75, 3.05) is 18.1 Å². The van der Waals surface area contributed by atoms with Crippen molar-refractivity contribution < 1.29 is 24.2 Å². The molecule has 0 spiro atoms. The van der Waals surface area contributed by atoms with Crippen LogP contribution in [-0.2, 0) is 10.2 Å². The van der Waals surface area contributed by atoms with Gasteiger partial charge < -0.3 is 14.6 Å². The third-order valence-electron chi connectivity index (χ3n) is 6.90. The van der Waals surface area contributed by atoms with Gasteiger partial charge in [-0.25, -0.2) is 0 Å². The summed E-state index contributed by atoms with van der Waals surface area (Å²) in [4.78, 5) is 28.5. The molecule has 1 amide bonds. The highest BCUT2D eigenvalue weighted by Crippen LogP contribution is 2.48. The van der Waals surface area contributed by atoms with Gasteiger partial charge in [0.2, 0.25) is 0 Å². The second-order valence-corrected chi connectivity index (χ2v) is 10.7. The summed E-state index contributed by atoms with van der Waals surface area (Å²) < 4.78 is 11.4. The van der Waals surface area contributed by atoms with Crippen LogP contribution >= 0.6 is 11.6 Å². The molecule has 37 heavy (non-hydrogen) atoms. The van der Waals surface area contributed by atoms with Crippen LogP contribution < -0.4 is 14.4 Å². The number of fused-ring (bicyclic) bond motifs is 2. The fourth-order valence-corrected chi connectivity index (χ4v) is 5.58. The van der Waals surface area contributed by atoms with Crippen LogP contribution in [0, 0.1) is 0 Å². The Morgan fingerprint density at radius 3 is 2.43 bits per heavy atom. The standard InChI is InChI=1S/C30H28ClNO5/c1-5-17-6-9-20-21(14-17)28(33)32(19-8-10-22(23(31)16-19)30(2,3)4)27(26(20)29(34)35)18-7-11-24-25(15-18)37-13-12-36-24/h5-11,14-16,26-27H,1,12-13H2,2-4H3,(H,34,35). The number of rotatable bonds is 4. The highest BCUT2D eigenvalue weighted by molar-refractivity contribution is 6.32. The van der Waals surface area contributed by atoms with Crippen LogP contribution in [0.1, 0.15) is 65.3 Å². The summed E-state index contributed by atoms with van der Waals surface area (Å²) in [6, 6.07) is 15.1. The van der Waals surface area contributed by atoms with Crippen molar-refractivity contribution in [3.8, 4) is 11.5 Å². The number of carboxylic acid groups (broad SMARTS) is 1. The Morgan fingerprint density at radius 1 is 1.05 bits per heavy atom. The Bertz CT molecular complexity index is 1420. The summed E-state index contributed by atoms with van der Waals surface area (Å²) in [6.07, 6.45) is 1.63. The summed E-state index contributed by atoms with van der Waals surface area (Å²) in [6.45, 7) is 10.8. The fraction of sp³-hybridized carbons (Fsp3) is 0.267. The van der Waals surface area contributed by atoms with E-state index in [1.807, 2.05) is 12.1 Å². The Hall–Kier alpha value is -3.77. The summed E-state index contributed by atoms with van der Waals surface area (Å²) in [5, 5.41) is 11.0. The second kappa shape index (κ2) is 9.27. The summed E-state index contributed by atoms with van der Waals surface area (Å²) >= 11 is 6.71. The van der Waals surface area contributed by atoms with Gasteiger partial charge in [-0.2, -0.15) is 0 Å². The number of nitrogens with zero attached hydrogens (tertiary/aromatic N) is 1. The minimum atomic E-state index is -1.04. The molecule has 0 aromatic heterocycles. The highest BCUT2D eigenvalue weighted by atomic mass is 35.5. The van der Waals surface area contributed by atoms with Crippen LogP contribution in [0.3, 0.4) is 0 Å². The van der Waals surface area contributed by atoms with Gasteiger partial charge in [-0.1, -0.05) is 69.3 Å². The number of aliphatic carboxylic acids is 1. The summed E-state index contributed by atoms with van der Waals surface area (Å²) in [5.41, 5.74) is 3.39. The first-order valence-electron chi connectivity index (χ1n) is 12.1. The van der Waals surface area contributed by atoms with Crippen molar-refractivity contribution in [3.05, 3.63) is 94.0 Å². The first-order valence-corrected chi connectivity index (χ1v) is 12.5. The van der Waals surface area contributed by atoms with E-state index in [4.69, 9.17) is 21.1 Å². The molecule has 0 bridgehead atoms. The van der Waals surface area contributed by atoms with Crippen LogP contribution in [0.5, 0.6) is 11.5 Å². The van der Waals surface area contributed by atoms with E-state index in [-0.39, 0.29) is 11.3 Å². The smallest absolute Gasteiger partial charge is 0.313 e. The third-order valence-corrected chi connectivity index (χ3v) is 7.22.